The molecule has 3 nitrogen and oxygen atoms in total. The van der Waals surface area contributed by atoms with Gasteiger partial charge in [-0.1, -0.05) is 48.5 Å². The zero-order chi connectivity index (χ0) is 22.9. The summed E-state index contributed by atoms with van der Waals surface area (Å²) in [4.78, 5) is 12.3. The first-order valence-corrected chi connectivity index (χ1v) is 10.6. The number of aromatic nitrogens is 2. The van der Waals surface area contributed by atoms with Crippen molar-refractivity contribution in [2.75, 3.05) is 0 Å². The summed E-state index contributed by atoms with van der Waals surface area (Å²) in [7, 11) is 0. The smallest absolute Gasteiger partial charge is 0.235 e. The fraction of sp³-hybridized carbons (Fsp3) is 0.0333. The summed E-state index contributed by atoms with van der Waals surface area (Å²) >= 11 is 0. The SMILES string of the molecule is [C-]#[N+]c1ccc[c-]c1-c1nccc(C)c1-c1ccccc1.[Ir].[c-]1ccccc1-c1ccccn1. The van der Waals surface area contributed by atoms with Crippen LogP contribution in [0.2, 0.25) is 0 Å². The van der Waals surface area contributed by atoms with E-state index >= 15 is 0 Å². The number of benzene rings is 3. The largest absolute Gasteiger partial charge is 0.305 e. The summed E-state index contributed by atoms with van der Waals surface area (Å²) < 4.78 is 0. The summed E-state index contributed by atoms with van der Waals surface area (Å²) in [6.07, 6.45) is 3.57. The first kappa shape index (κ1) is 24.7. The molecule has 5 aromatic rings. The molecule has 0 fully saturated rings. The van der Waals surface area contributed by atoms with Gasteiger partial charge in [-0.3, -0.25) is 0 Å². The normalized spacial score (nSPS) is 9.65. The molecule has 0 unspecified atom stereocenters. The van der Waals surface area contributed by atoms with Gasteiger partial charge >= 0.3 is 0 Å². The van der Waals surface area contributed by atoms with Gasteiger partial charge in [0.05, 0.1) is 0 Å². The van der Waals surface area contributed by atoms with E-state index in [-0.39, 0.29) is 20.1 Å². The zero-order valence-electron chi connectivity index (χ0n) is 18.6. The van der Waals surface area contributed by atoms with Gasteiger partial charge in [-0.2, -0.15) is 4.85 Å². The van der Waals surface area contributed by atoms with Crippen LogP contribution < -0.4 is 0 Å². The average molecular weight is 616 g/mol. The van der Waals surface area contributed by atoms with Crippen LogP contribution in [0.1, 0.15) is 5.56 Å². The van der Waals surface area contributed by atoms with Crippen LogP contribution in [-0.2, 0) is 20.1 Å². The minimum Gasteiger partial charge on any atom is -0.305 e. The van der Waals surface area contributed by atoms with Crippen molar-refractivity contribution in [1.82, 2.24) is 9.97 Å². The van der Waals surface area contributed by atoms with E-state index in [0.717, 1.165) is 39.2 Å². The van der Waals surface area contributed by atoms with Crippen LogP contribution in [-0.4, -0.2) is 9.97 Å². The monoisotopic (exact) mass is 616 g/mol. The van der Waals surface area contributed by atoms with E-state index in [4.69, 9.17) is 6.57 Å². The second kappa shape index (κ2) is 12.4. The van der Waals surface area contributed by atoms with Gasteiger partial charge in [0.2, 0.25) is 5.69 Å². The van der Waals surface area contributed by atoms with E-state index in [2.05, 4.69) is 46.0 Å². The van der Waals surface area contributed by atoms with E-state index in [1.165, 1.54) is 0 Å². The van der Waals surface area contributed by atoms with Crippen molar-refractivity contribution in [1.29, 1.82) is 0 Å². The Bertz CT molecular complexity index is 1330. The minimum absolute atomic E-state index is 0. The number of nitrogens with zero attached hydrogens (tertiary/aromatic N) is 3. The topological polar surface area (TPSA) is 30.1 Å². The van der Waals surface area contributed by atoms with Gasteiger partial charge < -0.3 is 9.97 Å². The van der Waals surface area contributed by atoms with E-state index < -0.39 is 0 Å². The molecule has 0 aliphatic heterocycles. The molecular weight excluding hydrogens is 595 g/mol. The van der Waals surface area contributed by atoms with E-state index in [1.807, 2.05) is 78.9 Å². The van der Waals surface area contributed by atoms with Crippen LogP contribution >= 0.6 is 0 Å². The van der Waals surface area contributed by atoms with Crippen molar-refractivity contribution in [3.63, 3.8) is 0 Å². The van der Waals surface area contributed by atoms with E-state index in [9.17, 15) is 0 Å². The Labute approximate surface area is 214 Å². The third-order valence-electron chi connectivity index (χ3n) is 5.06. The Morgan fingerprint density at radius 2 is 1.50 bits per heavy atom. The van der Waals surface area contributed by atoms with Crippen LogP contribution in [0.25, 0.3) is 38.5 Å². The summed E-state index contributed by atoms with van der Waals surface area (Å²) in [5.74, 6) is 0. The van der Waals surface area contributed by atoms with Gasteiger partial charge in [0.25, 0.3) is 0 Å². The van der Waals surface area contributed by atoms with Crippen LogP contribution in [0.4, 0.5) is 5.69 Å². The molecule has 34 heavy (non-hydrogen) atoms. The zero-order valence-corrected chi connectivity index (χ0v) is 21.0. The maximum absolute atomic E-state index is 7.34. The van der Waals surface area contributed by atoms with Crippen molar-refractivity contribution < 1.29 is 20.1 Å². The molecule has 0 bridgehead atoms. The second-order valence-electron chi connectivity index (χ2n) is 7.25. The molecule has 0 atom stereocenters. The quantitative estimate of drug-likeness (QED) is 0.196. The Morgan fingerprint density at radius 1 is 0.735 bits per heavy atom. The van der Waals surface area contributed by atoms with Gasteiger partial charge in [0.1, 0.15) is 6.57 Å². The van der Waals surface area contributed by atoms with Crippen LogP contribution in [0.5, 0.6) is 0 Å². The molecule has 0 amide bonds. The first-order chi connectivity index (χ1) is 16.3. The van der Waals surface area contributed by atoms with Crippen LogP contribution in [0, 0.1) is 25.6 Å². The molecular formula is C30H21IrN3-2. The fourth-order valence-corrected chi connectivity index (χ4v) is 3.50. The Morgan fingerprint density at radius 3 is 2.21 bits per heavy atom. The maximum Gasteiger partial charge on any atom is 0.235 e. The standard InChI is InChI=1S/C19H13N2.C11H8N.Ir/c1-14-12-13-21-19(16-10-6-7-11-17(16)20-2)18(14)15-8-4-3-5-9-15;1-2-6-10(7-3-1)11-8-4-5-9-12-11;/h3-9,11-13H,1H3;1-6,8-9H;/q2*-1;. The van der Waals surface area contributed by atoms with Crippen LogP contribution in [0.3, 0.4) is 0 Å². The van der Waals surface area contributed by atoms with Gasteiger partial charge in [-0.15, -0.1) is 54.1 Å². The van der Waals surface area contributed by atoms with Gasteiger partial charge in [-0.25, -0.2) is 0 Å². The molecule has 0 N–H and O–H groups in total. The van der Waals surface area contributed by atoms with Crippen molar-refractivity contribution in [2.24, 2.45) is 0 Å². The number of rotatable bonds is 3. The van der Waals surface area contributed by atoms with E-state index in [1.54, 1.807) is 18.5 Å². The van der Waals surface area contributed by atoms with Crippen molar-refractivity contribution in [3.8, 4) is 33.6 Å². The number of hydrogen-bond acceptors (Lipinski definition) is 2. The predicted molar refractivity (Wildman–Crippen MR) is 133 cm³/mol. The van der Waals surface area contributed by atoms with Crippen LogP contribution in [0.15, 0.2) is 109 Å². The molecule has 167 valence electrons. The van der Waals surface area contributed by atoms with Crippen molar-refractivity contribution in [2.45, 2.75) is 6.92 Å². The molecule has 0 saturated carbocycles. The molecule has 3 aromatic carbocycles. The van der Waals surface area contributed by atoms with Gasteiger partial charge in [0, 0.05) is 38.2 Å². The Balaban J connectivity index is 0.000000212. The Kier molecular flexibility index (Phi) is 9.00. The average Bonchev–Trinajstić information content (AvgIpc) is 2.90. The Hall–Kier alpha value is -3.90. The molecule has 0 aliphatic carbocycles. The summed E-state index contributed by atoms with van der Waals surface area (Å²) in [5, 5.41) is 0. The van der Waals surface area contributed by atoms with Gasteiger partial charge in [-0.05, 0) is 47.0 Å². The van der Waals surface area contributed by atoms with Gasteiger partial charge in [0.15, 0.2) is 0 Å². The number of aryl methyl sites for hydroxylation is 1. The molecule has 2 heterocycles. The van der Waals surface area contributed by atoms with E-state index in [0.29, 0.717) is 5.69 Å². The van der Waals surface area contributed by atoms with Crippen molar-refractivity contribution >= 4 is 5.69 Å². The fourth-order valence-electron chi connectivity index (χ4n) is 3.50. The molecule has 0 spiro atoms. The molecule has 0 saturated heterocycles. The van der Waals surface area contributed by atoms with Crippen molar-refractivity contribution in [3.05, 3.63) is 139 Å². The number of pyridine rings is 2. The number of hydrogen-bond donors (Lipinski definition) is 0. The third-order valence-corrected chi connectivity index (χ3v) is 5.06. The third kappa shape index (κ3) is 5.91. The first-order valence-electron chi connectivity index (χ1n) is 10.6. The predicted octanol–water partition coefficient (Wildman–Crippen LogP) is 7.62. The summed E-state index contributed by atoms with van der Waals surface area (Å²) in [6.45, 7) is 9.40. The maximum atomic E-state index is 7.34. The molecule has 4 heteroatoms. The minimum atomic E-state index is 0. The second-order valence-corrected chi connectivity index (χ2v) is 7.25. The molecule has 1 radical (unpaired) electrons. The molecule has 5 rings (SSSR count). The summed E-state index contributed by atoms with van der Waals surface area (Å²) in [5.41, 5.74) is 7.46. The summed E-state index contributed by atoms with van der Waals surface area (Å²) in [6, 6.07) is 37.6. The molecule has 2 aromatic heterocycles. The molecule has 0 aliphatic rings.